The molecular weight excluding hydrogens is 360 g/mol. The molecule has 1 saturated carbocycles. The lowest BCUT2D eigenvalue weighted by Gasteiger charge is -2.44. The van der Waals surface area contributed by atoms with Gasteiger partial charge < -0.3 is 0 Å². The third-order valence-corrected chi connectivity index (χ3v) is 6.08. The van der Waals surface area contributed by atoms with E-state index >= 15 is 0 Å². The van der Waals surface area contributed by atoms with Crippen LogP contribution in [0.25, 0.3) is 6.08 Å². The fourth-order valence-corrected chi connectivity index (χ4v) is 4.10. The average molecular weight is 391 g/mol. The SMILES string of the molecule is C=C[C@]1(C)CC[C@@H](C(=C)CN(O)C(=O)/C=C/c2ccccc2C#N)C[C@H]1C(=C)C. The van der Waals surface area contributed by atoms with E-state index in [0.717, 1.165) is 30.4 Å². The Morgan fingerprint density at radius 1 is 1.41 bits per heavy atom. The van der Waals surface area contributed by atoms with Crippen molar-refractivity contribution < 1.29 is 10.0 Å². The van der Waals surface area contributed by atoms with E-state index < -0.39 is 5.91 Å². The number of allylic oxidation sites excluding steroid dienone is 2. The molecule has 4 nitrogen and oxygen atoms in total. The summed E-state index contributed by atoms with van der Waals surface area (Å²) in [5.74, 6) is -0.0155. The van der Waals surface area contributed by atoms with Gasteiger partial charge in [-0.15, -0.1) is 6.58 Å². The monoisotopic (exact) mass is 390 g/mol. The molecule has 0 bridgehead atoms. The molecule has 152 valence electrons. The fourth-order valence-electron chi connectivity index (χ4n) is 4.10. The van der Waals surface area contributed by atoms with Gasteiger partial charge in [0.2, 0.25) is 0 Å². The Morgan fingerprint density at radius 3 is 2.72 bits per heavy atom. The van der Waals surface area contributed by atoms with Crippen molar-refractivity contribution in [1.82, 2.24) is 5.06 Å². The Hall–Kier alpha value is -2.90. The van der Waals surface area contributed by atoms with E-state index in [1.165, 1.54) is 6.08 Å². The maximum Gasteiger partial charge on any atom is 0.270 e. The number of carbonyl (C=O) groups excluding carboxylic acids is 1. The summed E-state index contributed by atoms with van der Waals surface area (Å²) >= 11 is 0. The Kier molecular flexibility index (Phi) is 7.36. The van der Waals surface area contributed by atoms with Gasteiger partial charge in [0.05, 0.1) is 18.2 Å². The van der Waals surface area contributed by atoms with Crippen molar-refractivity contribution in [3.8, 4) is 6.07 Å². The second-order valence-corrected chi connectivity index (χ2v) is 8.17. The number of hydroxylamine groups is 2. The van der Waals surface area contributed by atoms with Gasteiger partial charge in [-0.05, 0) is 61.1 Å². The van der Waals surface area contributed by atoms with Gasteiger partial charge in [-0.25, -0.2) is 5.06 Å². The first kappa shape index (κ1) is 22.4. The van der Waals surface area contributed by atoms with Gasteiger partial charge in [-0.2, -0.15) is 5.26 Å². The lowest BCUT2D eigenvalue weighted by atomic mass is 9.61. The lowest BCUT2D eigenvalue weighted by Crippen LogP contribution is -2.36. The molecule has 0 unspecified atom stereocenters. The van der Waals surface area contributed by atoms with Crippen molar-refractivity contribution in [3.63, 3.8) is 0 Å². The topological polar surface area (TPSA) is 64.3 Å². The van der Waals surface area contributed by atoms with E-state index in [0.29, 0.717) is 22.1 Å². The first-order valence-corrected chi connectivity index (χ1v) is 9.86. The van der Waals surface area contributed by atoms with Gasteiger partial charge in [0, 0.05) is 6.08 Å². The maximum atomic E-state index is 12.3. The summed E-state index contributed by atoms with van der Waals surface area (Å²) in [5.41, 5.74) is 3.10. The molecule has 1 aliphatic carbocycles. The molecule has 0 spiro atoms. The molecule has 4 heteroatoms. The highest BCUT2D eigenvalue weighted by Gasteiger charge is 2.39. The Bertz CT molecular complexity index is 877. The van der Waals surface area contributed by atoms with E-state index in [-0.39, 0.29) is 17.9 Å². The Morgan fingerprint density at radius 2 is 2.10 bits per heavy atom. The third kappa shape index (κ3) is 5.34. The van der Waals surface area contributed by atoms with Crippen LogP contribution in [0.3, 0.4) is 0 Å². The molecule has 0 aliphatic heterocycles. The number of benzene rings is 1. The number of nitrogens with zero attached hydrogens (tertiary/aromatic N) is 2. The van der Waals surface area contributed by atoms with Crippen LogP contribution in [-0.2, 0) is 4.79 Å². The summed E-state index contributed by atoms with van der Waals surface area (Å²) in [6.45, 7) is 16.6. The molecule has 3 atom stereocenters. The van der Waals surface area contributed by atoms with Crippen LogP contribution in [0.15, 0.2) is 67.3 Å². The zero-order chi connectivity index (χ0) is 21.6. The first-order chi connectivity index (χ1) is 13.7. The van der Waals surface area contributed by atoms with E-state index in [1.54, 1.807) is 30.3 Å². The maximum absolute atomic E-state index is 12.3. The predicted octanol–water partition coefficient (Wildman–Crippen LogP) is 5.53. The lowest BCUT2D eigenvalue weighted by molar-refractivity contribution is -0.157. The van der Waals surface area contributed by atoms with Gasteiger partial charge in [0.15, 0.2) is 0 Å². The molecule has 0 saturated heterocycles. The largest absolute Gasteiger partial charge is 0.285 e. The minimum atomic E-state index is -0.540. The first-order valence-electron chi connectivity index (χ1n) is 9.86. The molecule has 0 radical (unpaired) electrons. The van der Waals surface area contributed by atoms with Crippen molar-refractivity contribution in [2.75, 3.05) is 6.54 Å². The van der Waals surface area contributed by atoms with Crippen molar-refractivity contribution in [2.45, 2.75) is 33.1 Å². The molecule has 1 amide bonds. The van der Waals surface area contributed by atoms with Crippen LogP contribution in [0.5, 0.6) is 0 Å². The van der Waals surface area contributed by atoms with Crippen LogP contribution in [0.2, 0.25) is 0 Å². The van der Waals surface area contributed by atoms with Crippen LogP contribution < -0.4 is 0 Å². The molecule has 1 N–H and O–H groups in total. The third-order valence-electron chi connectivity index (χ3n) is 6.08. The van der Waals surface area contributed by atoms with Crippen LogP contribution in [-0.4, -0.2) is 22.7 Å². The molecule has 0 aromatic heterocycles. The quantitative estimate of drug-likeness (QED) is 0.288. The zero-order valence-corrected chi connectivity index (χ0v) is 17.4. The van der Waals surface area contributed by atoms with Crippen molar-refractivity contribution >= 4 is 12.0 Å². The number of amides is 1. The number of carbonyl (C=O) groups is 1. The fraction of sp³-hybridized carbons (Fsp3) is 0.360. The summed E-state index contributed by atoms with van der Waals surface area (Å²) < 4.78 is 0. The van der Waals surface area contributed by atoms with Crippen LogP contribution in [0.1, 0.15) is 44.2 Å². The minimum absolute atomic E-state index is 0.0220. The molecule has 2 rings (SSSR count). The van der Waals surface area contributed by atoms with Gasteiger partial charge in [-0.3, -0.25) is 10.0 Å². The molecule has 0 heterocycles. The van der Waals surface area contributed by atoms with Gasteiger partial charge in [-0.1, -0.05) is 55.5 Å². The summed E-state index contributed by atoms with van der Waals surface area (Å²) in [4.78, 5) is 12.3. The summed E-state index contributed by atoms with van der Waals surface area (Å²) in [5, 5.41) is 20.0. The van der Waals surface area contributed by atoms with Gasteiger partial charge >= 0.3 is 0 Å². The summed E-state index contributed by atoms with van der Waals surface area (Å²) in [6.07, 6.45) is 7.65. The standard InChI is InChI=1S/C25H30N2O2/c1-6-25(5)14-13-21(15-23(25)18(2)3)19(4)17-27(29)24(28)12-11-20-9-7-8-10-22(20)16-26/h6-12,21,23,29H,1-2,4,13-15,17H2,3,5H3/b12-11+/t21-,23+,25-/m1/s1. The van der Waals surface area contributed by atoms with Crippen molar-refractivity contribution in [1.29, 1.82) is 5.26 Å². The van der Waals surface area contributed by atoms with Gasteiger partial charge in [0.25, 0.3) is 5.91 Å². The molecule has 1 aromatic carbocycles. The predicted molar refractivity (Wildman–Crippen MR) is 117 cm³/mol. The van der Waals surface area contributed by atoms with Crippen LogP contribution in [0.4, 0.5) is 0 Å². The van der Waals surface area contributed by atoms with Crippen LogP contribution >= 0.6 is 0 Å². The molecule has 1 fully saturated rings. The average Bonchev–Trinajstić information content (AvgIpc) is 2.71. The molecule has 1 aliphatic rings. The number of hydrogen-bond acceptors (Lipinski definition) is 3. The highest BCUT2D eigenvalue weighted by molar-refractivity contribution is 5.91. The molecule has 29 heavy (non-hydrogen) atoms. The van der Waals surface area contributed by atoms with Crippen molar-refractivity contribution in [2.24, 2.45) is 17.3 Å². The highest BCUT2D eigenvalue weighted by atomic mass is 16.5. The number of nitriles is 1. The molecular formula is C25H30N2O2. The normalized spacial score (nSPS) is 23.9. The highest BCUT2D eigenvalue weighted by Crippen LogP contribution is 2.48. The Balaban J connectivity index is 2.00. The van der Waals surface area contributed by atoms with Gasteiger partial charge in [0.1, 0.15) is 0 Å². The zero-order valence-electron chi connectivity index (χ0n) is 17.4. The van der Waals surface area contributed by atoms with Crippen molar-refractivity contribution in [3.05, 3.63) is 78.4 Å². The summed E-state index contributed by atoms with van der Waals surface area (Å²) in [7, 11) is 0. The second kappa shape index (κ2) is 9.54. The second-order valence-electron chi connectivity index (χ2n) is 8.17. The van der Waals surface area contributed by atoms with E-state index in [2.05, 4.69) is 32.7 Å². The minimum Gasteiger partial charge on any atom is -0.285 e. The number of hydrogen-bond donors (Lipinski definition) is 1. The number of rotatable bonds is 7. The van der Waals surface area contributed by atoms with E-state index in [1.807, 2.05) is 13.0 Å². The smallest absolute Gasteiger partial charge is 0.270 e. The van der Waals surface area contributed by atoms with E-state index in [9.17, 15) is 10.0 Å². The van der Waals surface area contributed by atoms with Crippen LogP contribution in [0, 0.1) is 28.6 Å². The van der Waals surface area contributed by atoms with E-state index in [4.69, 9.17) is 5.26 Å². The molecule has 1 aromatic rings. The summed E-state index contributed by atoms with van der Waals surface area (Å²) in [6, 6.07) is 9.07. The Labute approximate surface area is 174 Å².